The van der Waals surface area contributed by atoms with Gasteiger partial charge in [0, 0.05) is 18.8 Å². The van der Waals surface area contributed by atoms with E-state index >= 15 is 0 Å². The summed E-state index contributed by atoms with van der Waals surface area (Å²) in [7, 11) is 0.519. The van der Waals surface area contributed by atoms with E-state index in [-0.39, 0.29) is 4.75 Å². The van der Waals surface area contributed by atoms with E-state index in [2.05, 4.69) is 21.4 Å². The summed E-state index contributed by atoms with van der Waals surface area (Å²) >= 11 is 0. The lowest BCUT2D eigenvalue weighted by Crippen LogP contribution is -2.29. The zero-order valence-electron chi connectivity index (χ0n) is 14.7. The second-order valence-corrected chi connectivity index (χ2v) is 8.94. The Hall–Kier alpha value is -1.20. The minimum atomic E-state index is -1.16. The summed E-state index contributed by atoms with van der Waals surface area (Å²) in [5, 5.41) is 0. The van der Waals surface area contributed by atoms with Gasteiger partial charge in [0.15, 0.2) is 0 Å². The first-order valence-electron chi connectivity index (χ1n) is 8.22. The number of benzene rings is 1. The third-order valence-corrected chi connectivity index (χ3v) is 5.37. The SMILES string of the molecule is COc1ccc(CN2CCCC/C(=N\S(=O)C(C)(C)C)C2)cc1. The molecule has 0 bridgehead atoms. The summed E-state index contributed by atoms with van der Waals surface area (Å²) in [6, 6.07) is 8.20. The molecule has 0 aromatic heterocycles. The van der Waals surface area contributed by atoms with Crippen LogP contribution in [0.3, 0.4) is 0 Å². The van der Waals surface area contributed by atoms with Gasteiger partial charge in [-0.3, -0.25) is 4.90 Å². The second kappa shape index (κ2) is 8.06. The molecule has 0 saturated carbocycles. The number of methoxy groups -OCH3 is 1. The molecule has 2 rings (SSSR count). The molecule has 1 aromatic carbocycles. The molecule has 5 heteroatoms. The van der Waals surface area contributed by atoms with Gasteiger partial charge in [0.05, 0.1) is 11.9 Å². The minimum absolute atomic E-state index is 0.292. The average Bonchev–Trinajstić information content (AvgIpc) is 2.72. The highest BCUT2D eigenvalue weighted by Crippen LogP contribution is 2.18. The largest absolute Gasteiger partial charge is 0.497 e. The number of hydrogen-bond acceptors (Lipinski definition) is 3. The van der Waals surface area contributed by atoms with E-state index in [4.69, 9.17) is 4.74 Å². The van der Waals surface area contributed by atoms with Gasteiger partial charge in [0.1, 0.15) is 16.7 Å². The van der Waals surface area contributed by atoms with Gasteiger partial charge in [0.25, 0.3) is 0 Å². The van der Waals surface area contributed by atoms with Crippen LogP contribution in [0.1, 0.15) is 45.6 Å². The fourth-order valence-corrected chi connectivity index (χ4v) is 3.19. The number of hydrogen-bond donors (Lipinski definition) is 0. The smallest absolute Gasteiger partial charge is 0.144 e. The molecule has 0 amide bonds. The highest BCUT2D eigenvalue weighted by atomic mass is 32.2. The number of ether oxygens (including phenoxy) is 1. The van der Waals surface area contributed by atoms with Crippen LogP contribution in [-0.2, 0) is 17.5 Å². The Morgan fingerprint density at radius 3 is 2.52 bits per heavy atom. The van der Waals surface area contributed by atoms with E-state index in [1.807, 2.05) is 32.9 Å². The minimum Gasteiger partial charge on any atom is -0.497 e. The summed E-state index contributed by atoms with van der Waals surface area (Å²) in [4.78, 5) is 2.40. The highest BCUT2D eigenvalue weighted by molar-refractivity contribution is 7.85. The molecule has 1 unspecified atom stereocenters. The summed E-state index contributed by atoms with van der Waals surface area (Å²) in [5.41, 5.74) is 2.34. The topological polar surface area (TPSA) is 41.9 Å². The van der Waals surface area contributed by atoms with E-state index in [1.165, 1.54) is 5.56 Å². The second-order valence-electron chi connectivity index (χ2n) is 7.03. The van der Waals surface area contributed by atoms with E-state index in [0.717, 1.165) is 50.4 Å². The van der Waals surface area contributed by atoms with Crippen molar-refractivity contribution in [2.45, 2.75) is 51.3 Å². The van der Waals surface area contributed by atoms with Crippen LogP contribution in [0, 0.1) is 0 Å². The van der Waals surface area contributed by atoms with Crippen LogP contribution in [0.5, 0.6) is 5.75 Å². The Kier molecular flexibility index (Phi) is 6.36. The van der Waals surface area contributed by atoms with E-state index in [1.54, 1.807) is 7.11 Å². The zero-order chi connectivity index (χ0) is 16.9. The Balaban J connectivity index is 2.04. The summed E-state index contributed by atoms with van der Waals surface area (Å²) in [6.45, 7) is 8.68. The first kappa shape index (κ1) is 18.1. The van der Waals surface area contributed by atoms with E-state index in [9.17, 15) is 4.21 Å². The maximum atomic E-state index is 12.3. The third kappa shape index (κ3) is 5.74. The standard InChI is InChI=1S/C18H28N2O2S/c1-18(2,3)23(21)19-16-7-5-6-12-20(14-16)13-15-8-10-17(22-4)11-9-15/h8-11H,5-7,12-14H2,1-4H3/b19-16+. The molecule has 0 spiro atoms. The fraction of sp³-hybridized carbons (Fsp3) is 0.611. The van der Waals surface area contributed by atoms with E-state index in [0.29, 0.717) is 0 Å². The van der Waals surface area contributed by atoms with Crippen molar-refractivity contribution in [2.24, 2.45) is 4.40 Å². The lowest BCUT2D eigenvalue weighted by molar-refractivity contribution is 0.305. The van der Waals surface area contributed by atoms with Gasteiger partial charge in [-0.05, 0) is 64.3 Å². The van der Waals surface area contributed by atoms with Crippen molar-refractivity contribution in [1.29, 1.82) is 0 Å². The van der Waals surface area contributed by atoms with Crippen molar-refractivity contribution >= 4 is 16.7 Å². The summed E-state index contributed by atoms with van der Waals surface area (Å²) in [6.07, 6.45) is 3.25. The van der Waals surface area contributed by atoms with Crippen LogP contribution in [0.4, 0.5) is 0 Å². The molecule has 1 aromatic rings. The maximum Gasteiger partial charge on any atom is 0.144 e. The number of rotatable bonds is 4. The van der Waals surface area contributed by atoms with Gasteiger partial charge >= 0.3 is 0 Å². The van der Waals surface area contributed by atoms with Crippen LogP contribution in [0.2, 0.25) is 0 Å². The third-order valence-electron chi connectivity index (χ3n) is 3.90. The monoisotopic (exact) mass is 336 g/mol. The lowest BCUT2D eigenvalue weighted by atomic mass is 10.2. The van der Waals surface area contributed by atoms with Crippen LogP contribution < -0.4 is 4.74 Å². The van der Waals surface area contributed by atoms with Crippen molar-refractivity contribution in [3.05, 3.63) is 29.8 Å². The van der Waals surface area contributed by atoms with Gasteiger partial charge < -0.3 is 4.74 Å². The van der Waals surface area contributed by atoms with E-state index < -0.39 is 11.0 Å². The summed E-state index contributed by atoms with van der Waals surface area (Å²) < 4.78 is 21.7. The highest BCUT2D eigenvalue weighted by Gasteiger charge is 2.21. The van der Waals surface area contributed by atoms with Gasteiger partial charge in [-0.15, -0.1) is 0 Å². The molecule has 4 nitrogen and oxygen atoms in total. The van der Waals surface area contributed by atoms with Crippen LogP contribution in [0.25, 0.3) is 0 Å². The first-order valence-corrected chi connectivity index (χ1v) is 9.33. The van der Waals surface area contributed by atoms with Gasteiger partial charge in [-0.25, -0.2) is 4.21 Å². The molecule has 1 saturated heterocycles. The molecular weight excluding hydrogens is 308 g/mol. The average molecular weight is 337 g/mol. The Labute approximate surface area is 142 Å². The molecule has 0 radical (unpaired) electrons. The zero-order valence-corrected chi connectivity index (χ0v) is 15.5. The Morgan fingerprint density at radius 1 is 1.22 bits per heavy atom. The molecule has 0 N–H and O–H groups in total. The van der Waals surface area contributed by atoms with Crippen LogP contribution >= 0.6 is 0 Å². The number of likely N-dealkylation sites (tertiary alicyclic amines) is 1. The Bertz CT molecular complexity index is 561. The fourth-order valence-electron chi connectivity index (χ4n) is 2.53. The summed E-state index contributed by atoms with van der Waals surface area (Å²) in [5.74, 6) is 0.882. The molecule has 1 aliphatic heterocycles. The molecule has 1 heterocycles. The van der Waals surface area contributed by atoms with Crippen LogP contribution in [0.15, 0.2) is 28.7 Å². The molecule has 1 atom stereocenters. The Morgan fingerprint density at radius 2 is 1.91 bits per heavy atom. The quantitative estimate of drug-likeness (QED) is 0.844. The van der Waals surface area contributed by atoms with Crippen molar-refractivity contribution in [3.8, 4) is 5.75 Å². The number of nitrogens with zero attached hydrogens (tertiary/aromatic N) is 2. The normalized spacial score (nSPS) is 20.3. The molecule has 23 heavy (non-hydrogen) atoms. The predicted octanol–water partition coefficient (Wildman–Crippen LogP) is 3.58. The predicted molar refractivity (Wildman–Crippen MR) is 97.5 cm³/mol. The van der Waals surface area contributed by atoms with Crippen molar-refractivity contribution in [2.75, 3.05) is 20.2 Å². The van der Waals surface area contributed by atoms with Gasteiger partial charge in [-0.2, -0.15) is 4.40 Å². The molecule has 1 aliphatic rings. The first-order chi connectivity index (χ1) is 10.9. The molecule has 0 aliphatic carbocycles. The van der Waals surface area contributed by atoms with Crippen molar-refractivity contribution in [3.63, 3.8) is 0 Å². The molecule has 128 valence electrons. The molecule has 1 fully saturated rings. The lowest BCUT2D eigenvalue weighted by Gasteiger charge is -2.21. The van der Waals surface area contributed by atoms with Gasteiger partial charge in [-0.1, -0.05) is 12.1 Å². The van der Waals surface area contributed by atoms with Crippen LogP contribution in [-0.4, -0.2) is 39.8 Å². The van der Waals surface area contributed by atoms with Crippen molar-refractivity contribution in [1.82, 2.24) is 4.90 Å². The molecular formula is C18H28N2O2S. The maximum absolute atomic E-state index is 12.3. The van der Waals surface area contributed by atoms with Gasteiger partial charge in [0.2, 0.25) is 0 Å². The van der Waals surface area contributed by atoms with Crippen molar-refractivity contribution < 1.29 is 8.95 Å².